The van der Waals surface area contributed by atoms with Crippen molar-refractivity contribution in [2.24, 2.45) is 5.73 Å². The SMILES string of the molecule is Cc1nc(CC(=O)O)oc1CN. The Hall–Kier alpha value is -1.36. The molecule has 0 amide bonds. The molecular weight excluding hydrogens is 160 g/mol. The average Bonchev–Trinajstić information content (AvgIpc) is 2.29. The van der Waals surface area contributed by atoms with Crippen LogP contribution in [0.15, 0.2) is 4.42 Å². The van der Waals surface area contributed by atoms with Crippen molar-refractivity contribution in [3.63, 3.8) is 0 Å². The van der Waals surface area contributed by atoms with Gasteiger partial charge in [0.15, 0.2) is 0 Å². The number of hydrogen-bond donors (Lipinski definition) is 2. The lowest BCUT2D eigenvalue weighted by atomic mass is 10.4. The zero-order valence-corrected chi connectivity index (χ0v) is 6.70. The Bertz CT molecular complexity index is 293. The number of nitrogens with two attached hydrogens (primary N) is 1. The molecule has 0 aliphatic carbocycles. The molecule has 0 unspecified atom stereocenters. The Morgan fingerprint density at radius 1 is 1.75 bits per heavy atom. The molecule has 66 valence electrons. The van der Waals surface area contributed by atoms with Crippen LogP contribution >= 0.6 is 0 Å². The Morgan fingerprint density at radius 2 is 2.42 bits per heavy atom. The highest BCUT2D eigenvalue weighted by Gasteiger charge is 2.10. The number of carboxylic acid groups (broad SMARTS) is 1. The molecule has 12 heavy (non-hydrogen) atoms. The number of aliphatic carboxylic acids is 1. The summed E-state index contributed by atoms with van der Waals surface area (Å²) in [4.78, 5) is 14.1. The molecule has 3 N–H and O–H groups in total. The van der Waals surface area contributed by atoms with E-state index < -0.39 is 5.97 Å². The van der Waals surface area contributed by atoms with E-state index in [1.807, 2.05) is 0 Å². The number of nitrogens with zero attached hydrogens (tertiary/aromatic N) is 1. The fraction of sp³-hybridized carbons (Fsp3) is 0.429. The minimum absolute atomic E-state index is 0.194. The summed E-state index contributed by atoms with van der Waals surface area (Å²) in [5.74, 6) is -0.202. The smallest absolute Gasteiger partial charge is 0.312 e. The molecule has 0 aromatic carbocycles. The van der Waals surface area contributed by atoms with Crippen LogP contribution in [0, 0.1) is 6.92 Å². The first kappa shape index (κ1) is 8.73. The second kappa shape index (κ2) is 3.36. The van der Waals surface area contributed by atoms with Gasteiger partial charge in [-0.25, -0.2) is 4.98 Å². The fourth-order valence-electron chi connectivity index (χ4n) is 0.883. The first-order chi connectivity index (χ1) is 5.63. The number of hydrogen-bond acceptors (Lipinski definition) is 4. The molecule has 1 rings (SSSR count). The van der Waals surface area contributed by atoms with E-state index in [1.165, 1.54) is 0 Å². The first-order valence-corrected chi connectivity index (χ1v) is 3.50. The van der Waals surface area contributed by atoms with Gasteiger partial charge < -0.3 is 15.3 Å². The van der Waals surface area contributed by atoms with Crippen LogP contribution in [0.4, 0.5) is 0 Å². The lowest BCUT2D eigenvalue weighted by molar-refractivity contribution is -0.136. The van der Waals surface area contributed by atoms with Crippen LogP contribution in [0.2, 0.25) is 0 Å². The van der Waals surface area contributed by atoms with Crippen LogP contribution < -0.4 is 5.73 Å². The number of carbonyl (C=O) groups is 1. The molecule has 0 atom stereocenters. The van der Waals surface area contributed by atoms with Gasteiger partial charge in [-0.3, -0.25) is 4.79 Å². The van der Waals surface area contributed by atoms with Crippen molar-refractivity contribution in [1.82, 2.24) is 4.98 Å². The second-order valence-electron chi connectivity index (χ2n) is 2.39. The lowest BCUT2D eigenvalue weighted by Crippen LogP contribution is -1.99. The van der Waals surface area contributed by atoms with Crippen LogP contribution in [-0.2, 0) is 17.8 Å². The van der Waals surface area contributed by atoms with Crippen molar-refractivity contribution in [3.8, 4) is 0 Å². The molecule has 0 fully saturated rings. The molecule has 0 radical (unpaired) electrons. The Labute approximate surface area is 69.2 Å². The molecular formula is C7H10N2O3. The summed E-state index contributed by atoms with van der Waals surface area (Å²) in [6, 6.07) is 0. The third kappa shape index (κ3) is 1.82. The predicted molar refractivity (Wildman–Crippen MR) is 40.5 cm³/mol. The number of aromatic nitrogens is 1. The molecule has 0 saturated heterocycles. The highest BCUT2D eigenvalue weighted by molar-refractivity contribution is 5.68. The van der Waals surface area contributed by atoms with Gasteiger partial charge in [-0.2, -0.15) is 0 Å². The lowest BCUT2D eigenvalue weighted by Gasteiger charge is -1.87. The van der Waals surface area contributed by atoms with Crippen molar-refractivity contribution in [2.45, 2.75) is 19.9 Å². The Kier molecular flexibility index (Phi) is 2.44. The van der Waals surface area contributed by atoms with E-state index in [2.05, 4.69) is 4.98 Å². The minimum Gasteiger partial charge on any atom is -0.481 e. The number of rotatable bonds is 3. The summed E-state index contributed by atoms with van der Waals surface area (Å²) in [6.07, 6.45) is -0.194. The quantitative estimate of drug-likeness (QED) is 0.669. The van der Waals surface area contributed by atoms with Gasteiger partial charge in [0.1, 0.15) is 12.2 Å². The molecule has 1 aromatic rings. The van der Waals surface area contributed by atoms with Gasteiger partial charge in [-0.05, 0) is 6.92 Å². The van der Waals surface area contributed by atoms with Crippen molar-refractivity contribution in [3.05, 3.63) is 17.3 Å². The van der Waals surface area contributed by atoms with E-state index in [-0.39, 0.29) is 18.9 Å². The van der Waals surface area contributed by atoms with Gasteiger partial charge in [0.05, 0.1) is 12.2 Å². The molecule has 1 aromatic heterocycles. The van der Waals surface area contributed by atoms with Crippen LogP contribution in [0.5, 0.6) is 0 Å². The highest BCUT2D eigenvalue weighted by Crippen LogP contribution is 2.09. The van der Waals surface area contributed by atoms with Gasteiger partial charge in [0.25, 0.3) is 0 Å². The van der Waals surface area contributed by atoms with Crippen molar-refractivity contribution >= 4 is 5.97 Å². The van der Waals surface area contributed by atoms with E-state index in [9.17, 15) is 4.79 Å². The summed E-state index contributed by atoms with van der Waals surface area (Å²) < 4.78 is 5.06. The van der Waals surface area contributed by atoms with Gasteiger partial charge in [0, 0.05) is 0 Å². The van der Waals surface area contributed by atoms with Crippen LogP contribution in [-0.4, -0.2) is 16.1 Å². The Balaban J connectivity index is 2.82. The standard InChI is InChI=1S/C7H10N2O3/c1-4-5(3-8)12-6(9-4)2-7(10)11/h2-3,8H2,1H3,(H,10,11). The molecule has 5 nitrogen and oxygen atoms in total. The van der Waals surface area contributed by atoms with Crippen molar-refractivity contribution in [2.75, 3.05) is 0 Å². The summed E-state index contributed by atoms with van der Waals surface area (Å²) in [5.41, 5.74) is 5.97. The predicted octanol–water partition coefficient (Wildman–Crippen LogP) is 0.0688. The summed E-state index contributed by atoms with van der Waals surface area (Å²) in [7, 11) is 0. The van der Waals surface area contributed by atoms with Crippen LogP contribution in [0.1, 0.15) is 17.3 Å². The maximum Gasteiger partial charge on any atom is 0.312 e. The van der Waals surface area contributed by atoms with Crippen LogP contribution in [0.25, 0.3) is 0 Å². The summed E-state index contributed by atoms with van der Waals surface area (Å²) >= 11 is 0. The van der Waals surface area contributed by atoms with Crippen LogP contribution in [0.3, 0.4) is 0 Å². The molecule has 0 saturated carbocycles. The van der Waals surface area contributed by atoms with Crippen molar-refractivity contribution < 1.29 is 14.3 Å². The molecule has 0 bridgehead atoms. The molecule has 1 heterocycles. The summed E-state index contributed by atoms with van der Waals surface area (Å²) in [6.45, 7) is 1.98. The van der Waals surface area contributed by atoms with E-state index in [1.54, 1.807) is 6.92 Å². The fourth-order valence-corrected chi connectivity index (χ4v) is 0.883. The largest absolute Gasteiger partial charge is 0.481 e. The molecule has 0 spiro atoms. The zero-order chi connectivity index (χ0) is 9.14. The van der Waals surface area contributed by atoms with E-state index in [0.717, 1.165) is 0 Å². The van der Waals surface area contributed by atoms with E-state index >= 15 is 0 Å². The van der Waals surface area contributed by atoms with Gasteiger partial charge in [-0.15, -0.1) is 0 Å². The van der Waals surface area contributed by atoms with Crippen molar-refractivity contribution in [1.29, 1.82) is 0 Å². The maximum absolute atomic E-state index is 10.2. The number of aryl methyl sites for hydroxylation is 1. The minimum atomic E-state index is -0.958. The van der Waals surface area contributed by atoms with Gasteiger partial charge >= 0.3 is 5.97 Å². The normalized spacial score (nSPS) is 10.2. The first-order valence-electron chi connectivity index (χ1n) is 3.50. The average molecular weight is 170 g/mol. The molecule has 5 heteroatoms. The zero-order valence-electron chi connectivity index (χ0n) is 6.70. The van der Waals surface area contributed by atoms with Gasteiger partial charge in [0.2, 0.25) is 5.89 Å². The maximum atomic E-state index is 10.2. The number of oxazole rings is 1. The topological polar surface area (TPSA) is 89.3 Å². The molecule has 0 aliphatic rings. The van der Waals surface area contributed by atoms with E-state index in [0.29, 0.717) is 11.5 Å². The second-order valence-corrected chi connectivity index (χ2v) is 2.39. The number of carboxylic acids is 1. The Morgan fingerprint density at radius 3 is 2.83 bits per heavy atom. The van der Waals surface area contributed by atoms with Gasteiger partial charge in [-0.1, -0.05) is 0 Å². The monoisotopic (exact) mass is 170 g/mol. The third-order valence-electron chi connectivity index (χ3n) is 1.42. The highest BCUT2D eigenvalue weighted by atomic mass is 16.4. The summed E-state index contributed by atoms with van der Waals surface area (Å²) in [5, 5.41) is 8.41. The van der Waals surface area contributed by atoms with E-state index in [4.69, 9.17) is 15.3 Å². The molecule has 0 aliphatic heterocycles. The third-order valence-corrected chi connectivity index (χ3v) is 1.42.